The van der Waals surface area contributed by atoms with Crippen molar-refractivity contribution in [2.24, 2.45) is 5.92 Å². The maximum Gasteiger partial charge on any atom is 0.303 e. The highest BCUT2D eigenvalue weighted by Gasteiger charge is 2.29. The molecule has 6 nitrogen and oxygen atoms in total. The number of amides is 1. The number of carbonyl (C=O) groups excluding carboxylic acids is 1. The second kappa shape index (κ2) is 9.79. The van der Waals surface area contributed by atoms with Crippen molar-refractivity contribution in [1.29, 1.82) is 0 Å². The quantitative estimate of drug-likeness (QED) is 0.496. The van der Waals surface area contributed by atoms with E-state index in [9.17, 15) is 9.59 Å². The Labute approximate surface area is 198 Å². The standard InChI is InChI=1S/C26H27ClN2O4/c1-16-6-3-4-8-20(16)22-14-24(27)28-23-13-19(9-10-21(22)23)33-17(2)26(32)29-11-5-7-18(15-29)12-25(30)31/h3-4,6,8-10,13-14,17-18H,5,7,11-12,15H2,1-2H3,(H,30,31)/t17?,18-/m1/s1. The number of aryl methyl sites for hydroxylation is 1. The lowest BCUT2D eigenvalue weighted by atomic mass is 9.94. The maximum atomic E-state index is 12.9. The molecule has 7 heteroatoms. The van der Waals surface area contributed by atoms with Crippen LogP contribution >= 0.6 is 11.6 Å². The summed E-state index contributed by atoms with van der Waals surface area (Å²) >= 11 is 6.33. The second-order valence-electron chi connectivity index (χ2n) is 8.64. The van der Waals surface area contributed by atoms with Gasteiger partial charge in [0.15, 0.2) is 6.10 Å². The number of piperidine rings is 1. The highest BCUT2D eigenvalue weighted by molar-refractivity contribution is 6.30. The summed E-state index contributed by atoms with van der Waals surface area (Å²) in [5.41, 5.74) is 3.92. The van der Waals surface area contributed by atoms with E-state index in [-0.39, 0.29) is 18.2 Å². The van der Waals surface area contributed by atoms with Crippen LogP contribution in [0.25, 0.3) is 22.0 Å². The van der Waals surface area contributed by atoms with Crippen molar-refractivity contribution >= 4 is 34.4 Å². The highest BCUT2D eigenvalue weighted by atomic mass is 35.5. The molecule has 0 saturated carbocycles. The molecule has 0 radical (unpaired) electrons. The van der Waals surface area contributed by atoms with Crippen LogP contribution in [0.2, 0.25) is 5.15 Å². The van der Waals surface area contributed by atoms with Crippen LogP contribution in [0, 0.1) is 12.8 Å². The van der Waals surface area contributed by atoms with Gasteiger partial charge in [-0.3, -0.25) is 9.59 Å². The number of halogens is 1. The molecule has 4 rings (SSSR count). The fourth-order valence-electron chi connectivity index (χ4n) is 4.54. The molecule has 0 bridgehead atoms. The molecule has 0 aliphatic carbocycles. The van der Waals surface area contributed by atoms with E-state index in [1.807, 2.05) is 30.3 Å². The number of benzene rings is 2. The van der Waals surface area contributed by atoms with E-state index in [1.54, 1.807) is 17.9 Å². The molecule has 33 heavy (non-hydrogen) atoms. The Bertz CT molecular complexity index is 1200. The zero-order valence-electron chi connectivity index (χ0n) is 18.8. The normalized spacial score (nSPS) is 17.1. The zero-order valence-corrected chi connectivity index (χ0v) is 19.5. The van der Waals surface area contributed by atoms with Gasteiger partial charge in [0.1, 0.15) is 10.9 Å². The van der Waals surface area contributed by atoms with Crippen LogP contribution in [-0.2, 0) is 9.59 Å². The molecule has 172 valence electrons. The molecule has 2 aromatic carbocycles. The number of hydrogen-bond acceptors (Lipinski definition) is 4. The smallest absolute Gasteiger partial charge is 0.303 e. The van der Waals surface area contributed by atoms with Gasteiger partial charge < -0.3 is 14.7 Å². The van der Waals surface area contributed by atoms with Crippen LogP contribution in [-0.4, -0.2) is 46.1 Å². The molecule has 1 aliphatic heterocycles. The summed E-state index contributed by atoms with van der Waals surface area (Å²) < 4.78 is 5.97. The number of hydrogen-bond donors (Lipinski definition) is 1. The number of pyridine rings is 1. The van der Waals surface area contributed by atoms with E-state index < -0.39 is 12.1 Å². The highest BCUT2D eigenvalue weighted by Crippen LogP contribution is 2.34. The summed E-state index contributed by atoms with van der Waals surface area (Å²) in [5.74, 6) is -0.442. The minimum Gasteiger partial charge on any atom is -0.481 e. The van der Waals surface area contributed by atoms with Crippen molar-refractivity contribution < 1.29 is 19.4 Å². The molecule has 1 fully saturated rings. The number of carboxylic acids is 1. The summed E-state index contributed by atoms with van der Waals surface area (Å²) in [6, 6.07) is 15.6. The predicted octanol–water partition coefficient (Wildman–Crippen LogP) is 5.34. The minimum absolute atomic E-state index is 0.0146. The van der Waals surface area contributed by atoms with Crippen LogP contribution < -0.4 is 4.74 Å². The summed E-state index contributed by atoms with van der Waals surface area (Å²) in [6.07, 6.45) is 1.02. The van der Waals surface area contributed by atoms with Crippen LogP contribution in [0.1, 0.15) is 31.7 Å². The molecular weight excluding hydrogens is 440 g/mol. The van der Waals surface area contributed by atoms with Gasteiger partial charge in [-0.05, 0) is 67.5 Å². The number of rotatable bonds is 6. The molecule has 1 N–H and O–H groups in total. The van der Waals surface area contributed by atoms with Crippen molar-refractivity contribution in [3.63, 3.8) is 0 Å². The van der Waals surface area contributed by atoms with E-state index in [1.165, 1.54) is 0 Å². The van der Waals surface area contributed by atoms with Crippen molar-refractivity contribution in [2.45, 2.75) is 39.2 Å². The number of aromatic nitrogens is 1. The molecule has 1 saturated heterocycles. The molecule has 1 amide bonds. The van der Waals surface area contributed by atoms with Gasteiger partial charge >= 0.3 is 5.97 Å². The van der Waals surface area contributed by atoms with E-state index in [2.05, 4.69) is 24.0 Å². The van der Waals surface area contributed by atoms with Gasteiger partial charge in [-0.25, -0.2) is 4.98 Å². The van der Waals surface area contributed by atoms with Gasteiger partial charge in [-0.2, -0.15) is 0 Å². The Kier molecular flexibility index (Phi) is 6.84. The fraction of sp³-hybridized carbons (Fsp3) is 0.346. The summed E-state index contributed by atoms with van der Waals surface area (Å²) in [5, 5.41) is 10.4. The van der Waals surface area contributed by atoms with E-state index in [4.69, 9.17) is 21.4 Å². The zero-order chi connectivity index (χ0) is 23.5. The van der Waals surface area contributed by atoms with Crippen LogP contribution in [0.15, 0.2) is 48.5 Å². The van der Waals surface area contributed by atoms with Gasteiger partial charge in [0, 0.05) is 31.0 Å². The lowest BCUT2D eigenvalue weighted by Gasteiger charge is -2.33. The predicted molar refractivity (Wildman–Crippen MR) is 129 cm³/mol. The second-order valence-corrected chi connectivity index (χ2v) is 9.02. The summed E-state index contributed by atoms with van der Waals surface area (Å²) in [7, 11) is 0. The first-order valence-electron chi connectivity index (χ1n) is 11.2. The Hall–Kier alpha value is -3.12. The van der Waals surface area contributed by atoms with Crippen LogP contribution in [0.4, 0.5) is 0 Å². The number of nitrogens with zero attached hydrogens (tertiary/aromatic N) is 2. The molecule has 1 aromatic heterocycles. The topological polar surface area (TPSA) is 79.7 Å². The molecule has 2 heterocycles. The number of fused-ring (bicyclic) bond motifs is 1. The van der Waals surface area contributed by atoms with Crippen LogP contribution in [0.5, 0.6) is 5.75 Å². The minimum atomic E-state index is -0.828. The van der Waals surface area contributed by atoms with Crippen molar-refractivity contribution in [2.75, 3.05) is 13.1 Å². The van der Waals surface area contributed by atoms with Crippen LogP contribution in [0.3, 0.4) is 0 Å². The maximum absolute atomic E-state index is 12.9. The molecule has 1 aliphatic rings. The third-order valence-corrected chi connectivity index (χ3v) is 6.33. The van der Waals surface area contributed by atoms with E-state index in [0.717, 1.165) is 34.9 Å². The fourth-order valence-corrected chi connectivity index (χ4v) is 4.74. The molecular formula is C26H27ClN2O4. The summed E-state index contributed by atoms with van der Waals surface area (Å²) in [6.45, 7) is 4.85. The number of carboxylic acid groups (broad SMARTS) is 1. The van der Waals surface area contributed by atoms with Crippen molar-refractivity contribution in [3.05, 3.63) is 59.2 Å². The molecule has 0 spiro atoms. The third-order valence-electron chi connectivity index (χ3n) is 6.14. The SMILES string of the molecule is Cc1ccccc1-c1cc(Cl)nc2cc(OC(C)C(=O)N3CCC[C@H](CC(=O)O)C3)ccc12. The number of aliphatic carboxylic acids is 1. The third kappa shape index (κ3) is 5.28. The number of likely N-dealkylation sites (tertiary alicyclic amines) is 1. The van der Waals surface area contributed by atoms with E-state index in [0.29, 0.717) is 29.5 Å². The van der Waals surface area contributed by atoms with Crippen molar-refractivity contribution in [1.82, 2.24) is 9.88 Å². The monoisotopic (exact) mass is 466 g/mol. The van der Waals surface area contributed by atoms with Gasteiger partial charge in [0.05, 0.1) is 5.52 Å². The Balaban J connectivity index is 1.54. The van der Waals surface area contributed by atoms with Crippen molar-refractivity contribution in [3.8, 4) is 16.9 Å². The van der Waals surface area contributed by atoms with Gasteiger partial charge in [0.2, 0.25) is 0 Å². The molecule has 1 unspecified atom stereocenters. The lowest BCUT2D eigenvalue weighted by Crippen LogP contribution is -2.46. The lowest BCUT2D eigenvalue weighted by molar-refractivity contribution is -0.143. The summed E-state index contributed by atoms with van der Waals surface area (Å²) in [4.78, 5) is 30.2. The first-order chi connectivity index (χ1) is 15.8. The Morgan fingerprint density at radius 1 is 1.21 bits per heavy atom. The number of carbonyl (C=O) groups is 2. The Morgan fingerprint density at radius 2 is 2.00 bits per heavy atom. The number of ether oxygens (including phenoxy) is 1. The van der Waals surface area contributed by atoms with Gasteiger partial charge in [0.25, 0.3) is 5.91 Å². The molecule has 3 aromatic rings. The first kappa shape index (κ1) is 23.1. The van der Waals surface area contributed by atoms with Gasteiger partial charge in [-0.15, -0.1) is 0 Å². The average Bonchev–Trinajstić information content (AvgIpc) is 2.78. The largest absolute Gasteiger partial charge is 0.481 e. The first-order valence-corrected chi connectivity index (χ1v) is 11.5. The molecule has 2 atom stereocenters. The van der Waals surface area contributed by atoms with Gasteiger partial charge in [-0.1, -0.05) is 35.9 Å². The van der Waals surface area contributed by atoms with E-state index >= 15 is 0 Å². The Morgan fingerprint density at radius 3 is 2.76 bits per heavy atom. The average molecular weight is 467 g/mol.